The lowest BCUT2D eigenvalue weighted by molar-refractivity contribution is -0.126. The van der Waals surface area contributed by atoms with Crippen molar-refractivity contribution in [2.75, 3.05) is 56.8 Å². The van der Waals surface area contributed by atoms with Gasteiger partial charge in [0.25, 0.3) is 0 Å². The molecule has 1 saturated carbocycles. The molecule has 0 radical (unpaired) electrons. The summed E-state index contributed by atoms with van der Waals surface area (Å²) in [4.78, 5) is 3.04. The van der Waals surface area contributed by atoms with Crippen molar-refractivity contribution in [2.24, 2.45) is 0 Å². The molecule has 2 aromatic carbocycles. The summed E-state index contributed by atoms with van der Waals surface area (Å²) in [6, 6.07) is 11.0. The normalized spacial score (nSPS) is 16.6. The van der Waals surface area contributed by atoms with E-state index in [1.807, 2.05) is 6.07 Å². The number of benzene rings is 2. The molecule has 232 valence electrons. The fourth-order valence-electron chi connectivity index (χ4n) is 5.33. The molecule has 1 saturated heterocycles. The van der Waals surface area contributed by atoms with Gasteiger partial charge in [-0.15, -0.1) is 11.3 Å². The zero-order valence-corrected chi connectivity index (χ0v) is 25.9. The molecule has 1 aliphatic carbocycles. The number of hydrogen-bond donors (Lipinski definition) is 2. The molecule has 43 heavy (non-hydrogen) atoms. The Hall–Kier alpha value is -2.98. The number of sulfone groups is 1. The second kappa shape index (κ2) is 13.3. The summed E-state index contributed by atoms with van der Waals surface area (Å²) in [6.45, 7) is 2.72. The summed E-state index contributed by atoms with van der Waals surface area (Å²) in [5.41, 5.74) is 1.56. The van der Waals surface area contributed by atoms with E-state index >= 15 is 0 Å². The lowest BCUT2D eigenvalue weighted by Crippen LogP contribution is -2.40. The average molecular weight is 636 g/mol. The summed E-state index contributed by atoms with van der Waals surface area (Å²) in [5.74, 6) is 6.25. The van der Waals surface area contributed by atoms with Gasteiger partial charge in [-0.3, -0.25) is 0 Å². The van der Waals surface area contributed by atoms with E-state index in [9.17, 15) is 21.6 Å². The standard InChI is InChI=1S/C31H36F3N3O4S2/c1-40-17-18-41-28-19-23(43(2,38)39)10-11-26(28)35-14-4-7-29-25(20-31(32,33)34)24-5-3-6-27(30(24)42-29)36-21-12-15-37(16-13-21)22-8-9-22/h3,5-6,10-11,19,21-22,35-36H,8-9,12-18,20H2,1-2H3. The highest BCUT2D eigenvalue weighted by molar-refractivity contribution is 7.90. The molecule has 7 nitrogen and oxygen atoms in total. The molecular weight excluding hydrogens is 599 g/mol. The molecular formula is C31H36F3N3O4S2. The van der Waals surface area contributed by atoms with Crippen LogP contribution in [0.2, 0.25) is 0 Å². The first kappa shape index (κ1) is 31.4. The van der Waals surface area contributed by atoms with E-state index in [1.54, 1.807) is 18.2 Å². The Bertz CT molecular complexity index is 1600. The molecule has 0 spiro atoms. The number of alkyl halides is 3. The number of halogens is 3. The monoisotopic (exact) mass is 635 g/mol. The minimum absolute atomic E-state index is 0.108. The van der Waals surface area contributed by atoms with Crippen LogP contribution in [0, 0.1) is 11.8 Å². The minimum Gasteiger partial charge on any atom is -0.489 e. The molecule has 0 atom stereocenters. The number of anilines is 2. The third kappa shape index (κ3) is 8.35. The lowest BCUT2D eigenvalue weighted by atomic mass is 10.0. The Balaban J connectivity index is 1.35. The Morgan fingerprint density at radius 3 is 2.51 bits per heavy atom. The molecule has 5 rings (SSSR count). The van der Waals surface area contributed by atoms with Crippen LogP contribution >= 0.6 is 11.3 Å². The quantitative estimate of drug-likeness (QED) is 0.200. The summed E-state index contributed by atoms with van der Waals surface area (Å²) < 4.78 is 76.5. The second-order valence-electron chi connectivity index (χ2n) is 11.0. The fraction of sp³-hybridized carbons (Fsp3) is 0.484. The molecule has 1 aromatic heterocycles. The van der Waals surface area contributed by atoms with Gasteiger partial charge in [0.2, 0.25) is 0 Å². The van der Waals surface area contributed by atoms with Gasteiger partial charge >= 0.3 is 6.18 Å². The van der Waals surface area contributed by atoms with Crippen LogP contribution in [0.5, 0.6) is 5.75 Å². The Kier molecular flexibility index (Phi) is 9.76. The predicted molar refractivity (Wildman–Crippen MR) is 165 cm³/mol. The van der Waals surface area contributed by atoms with Crippen LogP contribution in [0.4, 0.5) is 24.5 Å². The molecule has 3 aromatic rings. The average Bonchev–Trinajstić information content (AvgIpc) is 3.75. The maximum absolute atomic E-state index is 13.7. The van der Waals surface area contributed by atoms with E-state index in [2.05, 4.69) is 27.4 Å². The van der Waals surface area contributed by atoms with Crippen molar-refractivity contribution in [3.8, 4) is 17.6 Å². The topological polar surface area (TPSA) is 79.9 Å². The van der Waals surface area contributed by atoms with Gasteiger partial charge in [0.15, 0.2) is 9.84 Å². The first-order chi connectivity index (χ1) is 20.5. The Labute approximate surface area is 254 Å². The number of piperidine rings is 1. The summed E-state index contributed by atoms with van der Waals surface area (Å²) in [5, 5.41) is 7.29. The van der Waals surface area contributed by atoms with Crippen LogP contribution in [0.25, 0.3) is 10.1 Å². The molecule has 2 N–H and O–H groups in total. The van der Waals surface area contributed by atoms with Crippen molar-refractivity contribution in [1.82, 2.24) is 4.90 Å². The molecule has 1 aliphatic heterocycles. The van der Waals surface area contributed by atoms with Gasteiger partial charge in [0, 0.05) is 44.6 Å². The zero-order chi connectivity index (χ0) is 30.6. The van der Waals surface area contributed by atoms with E-state index < -0.39 is 22.4 Å². The number of hydrogen-bond acceptors (Lipinski definition) is 8. The largest absolute Gasteiger partial charge is 0.489 e. The summed E-state index contributed by atoms with van der Waals surface area (Å²) >= 11 is 1.28. The summed E-state index contributed by atoms with van der Waals surface area (Å²) in [7, 11) is -1.92. The SMILES string of the molecule is COCCOc1cc(S(C)(=O)=O)ccc1NCC#Cc1sc2c(NC3CCN(C4CC4)CC3)cccc2c1CC(F)(F)F. The highest BCUT2D eigenvalue weighted by Crippen LogP contribution is 2.40. The van der Waals surface area contributed by atoms with E-state index in [0.717, 1.165) is 48.6 Å². The van der Waals surface area contributed by atoms with Gasteiger partial charge < -0.3 is 25.0 Å². The number of thiophene rings is 1. The third-order valence-electron chi connectivity index (χ3n) is 7.64. The number of likely N-dealkylation sites (tertiary alicyclic amines) is 1. The van der Waals surface area contributed by atoms with Crippen LogP contribution in [0.3, 0.4) is 0 Å². The van der Waals surface area contributed by atoms with Crippen molar-refractivity contribution in [2.45, 2.75) is 55.3 Å². The molecule has 2 heterocycles. The van der Waals surface area contributed by atoms with Crippen molar-refractivity contribution in [1.29, 1.82) is 0 Å². The summed E-state index contributed by atoms with van der Waals surface area (Å²) in [6.07, 6.45) is 0.264. The molecule has 0 amide bonds. The predicted octanol–water partition coefficient (Wildman–Crippen LogP) is 5.94. The maximum atomic E-state index is 13.7. The van der Waals surface area contributed by atoms with E-state index in [4.69, 9.17) is 9.47 Å². The van der Waals surface area contributed by atoms with E-state index in [-0.39, 0.29) is 29.7 Å². The molecule has 2 aliphatic rings. The fourth-order valence-corrected chi connectivity index (χ4v) is 7.13. The maximum Gasteiger partial charge on any atom is 0.393 e. The smallest absolute Gasteiger partial charge is 0.393 e. The molecule has 12 heteroatoms. The van der Waals surface area contributed by atoms with Crippen LogP contribution in [0.1, 0.15) is 36.1 Å². The number of methoxy groups -OCH3 is 1. The van der Waals surface area contributed by atoms with E-state index in [1.165, 1.54) is 43.4 Å². The van der Waals surface area contributed by atoms with Crippen molar-refractivity contribution < 1.29 is 31.1 Å². The highest BCUT2D eigenvalue weighted by atomic mass is 32.2. The Morgan fingerprint density at radius 1 is 1.07 bits per heavy atom. The van der Waals surface area contributed by atoms with Crippen LogP contribution in [0.15, 0.2) is 41.3 Å². The minimum atomic E-state index is -4.38. The Morgan fingerprint density at radius 2 is 1.84 bits per heavy atom. The van der Waals surface area contributed by atoms with Gasteiger partial charge in [-0.05, 0) is 54.8 Å². The van der Waals surface area contributed by atoms with Crippen molar-refractivity contribution in [3.63, 3.8) is 0 Å². The van der Waals surface area contributed by atoms with Gasteiger partial charge in [-0.1, -0.05) is 24.0 Å². The third-order valence-corrected chi connectivity index (χ3v) is 9.95. The van der Waals surface area contributed by atoms with E-state index in [0.29, 0.717) is 28.3 Å². The first-order valence-electron chi connectivity index (χ1n) is 14.3. The van der Waals surface area contributed by atoms with Gasteiger partial charge in [-0.25, -0.2) is 8.42 Å². The van der Waals surface area contributed by atoms with Crippen molar-refractivity contribution >= 4 is 42.6 Å². The second-order valence-corrected chi connectivity index (χ2v) is 14.0. The van der Waals surface area contributed by atoms with Crippen LogP contribution in [-0.4, -0.2) is 77.8 Å². The first-order valence-corrected chi connectivity index (χ1v) is 17.0. The molecule has 0 bridgehead atoms. The van der Waals surface area contributed by atoms with Gasteiger partial charge in [0.1, 0.15) is 12.4 Å². The molecule has 2 fully saturated rings. The number of rotatable bonds is 11. The number of nitrogens with zero attached hydrogens (tertiary/aromatic N) is 1. The van der Waals surface area contributed by atoms with Gasteiger partial charge in [-0.2, -0.15) is 13.2 Å². The molecule has 0 unspecified atom stereocenters. The lowest BCUT2D eigenvalue weighted by Gasteiger charge is -2.33. The number of fused-ring (bicyclic) bond motifs is 1. The van der Waals surface area contributed by atoms with Crippen LogP contribution < -0.4 is 15.4 Å². The van der Waals surface area contributed by atoms with Gasteiger partial charge in [0.05, 0.1) is 45.4 Å². The van der Waals surface area contributed by atoms with Crippen LogP contribution in [-0.2, 0) is 21.0 Å². The highest BCUT2D eigenvalue weighted by Gasteiger charge is 2.33. The van der Waals surface area contributed by atoms with Crippen molar-refractivity contribution in [3.05, 3.63) is 46.8 Å². The number of ether oxygens (including phenoxy) is 2. The zero-order valence-electron chi connectivity index (χ0n) is 24.2. The number of nitrogens with one attached hydrogen (secondary N) is 2.